The van der Waals surface area contributed by atoms with Gasteiger partial charge in [-0.2, -0.15) is 8.78 Å². The minimum atomic E-state index is -1.51. The van der Waals surface area contributed by atoms with Crippen molar-refractivity contribution in [3.63, 3.8) is 0 Å². The van der Waals surface area contributed by atoms with Gasteiger partial charge in [-0.3, -0.25) is 0 Å². The van der Waals surface area contributed by atoms with Crippen molar-refractivity contribution in [3.8, 4) is 5.75 Å². The van der Waals surface area contributed by atoms with E-state index in [0.29, 0.717) is 6.42 Å². The van der Waals surface area contributed by atoms with Crippen LogP contribution in [0.25, 0.3) is 0 Å². The molecule has 1 aromatic carbocycles. The molecule has 1 nitrogen and oxygen atoms in total. The van der Waals surface area contributed by atoms with Crippen LogP contribution in [0.3, 0.4) is 0 Å². The van der Waals surface area contributed by atoms with Gasteiger partial charge in [-0.15, -0.1) is 0 Å². The Morgan fingerprint density at radius 2 is 1.60 bits per heavy atom. The summed E-state index contributed by atoms with van der Waals surface area (Å²) in [5.74, 6) is -6.94. The molecule has 0 fully saturated rings. The molecule has 0 N–H and O–H groups in total. The number of ether oxygens (including phenoxy) is 1. The quantitative estimate of drug-likeness (QED) is 0.562. The van der Waals surface area contributed by atoms with Crippen LogP contribution >= 0.6 is 0 Å². The Kier molecular flexibility index (Phi) is 3.55. The molecule has 0 bridgehead atoms. The molecule has 0 aliphatic heterocycles. The van der Waals surface area contributed by atoms with E-state index in [-0.39, 0.29) is 6.07 Å². The van der Waals surface area contributed by atoms with Crippen molar-refractivity contribution in [2.24, 2.45) is 0 Å². The van der Waals surface area contributed by atoms with Gasteiger partial charge in [0, 0.05) is 6.07 Å². The summed E-state index contributed by atoms with van der Waals surface area (Å²) in [6, 6.07) is 0.147. The summed E-state index contributed by atoms with van der Waals surface area (Å²) in [5, 5.41) is 0. The van der Waals surface area contributed by atoms with Crippen LogP contribution in [0.15, 0.2) is 6.07 Å². The average molecular weight is 222 g/mol. The first-order chi connectivity index (χ1) is 6.97. The fourth-order valence-corrected chi connectivity index (χ4v) is 0.939. The lowest BCUT2D eigenvalue weighted by Gasteiger charge is -2.14. The molecule has 1 unspecified atom stereocenters. The first-order valence-corrected chi connectivity index (χ1v) is 4.47. The second-order valence-electron chi connectivity index (χ2n) is 3.13. The van der Waals surface area contributed by atoms with Crippen molar-refractivity contribution in [1.29, 1.82) is 0 Å². The molecule has 0 amide bonds. The van der Waals surface area contributed by atoms with Gasteiger partial charge >= 0.3 is 0 Å². The largest absolute Gasteiger partial charge is 0.485 e. The van der Waals surface area contributed by atoms with E-state index in [4.69, 9.17) is 4.74 Å². The molecule has 1 rings (SSSR count). The summed E-state index contributed by atoms with van der Waals surface area (Å²) in [6.45, 7) is 3.26. The van der Waals surface area contributed by atoms with Gasteiger partial charge in [0.15, 0.2) is 17.4 Å². The van der Waals surface area contributed by atoms with Gasteiger partial charge in [0.1, 0.15) is 0 Å². The van der Waals surface area contributed by atoms with Crippen LogP contribution in [-0.4, -0.2) is 6.10 Å². The lowest BCUT2D eigenvalue weighted by atomic mass is 10.2. The number of hydrogen-bond acceptors (Lipinski definition) is 1. The monoisotopic (exact) mass is 222 g/mol. The highest BCUT2D eigenvalue weighted by atomic mass is 19.2. The molecule has 0 aliphatic carbocycles. The summed E-state index contributed by atoms with van der Waals surface area (Å²) in [5.41, 5.74) is 0. The van der Waals surface area contributed by atoms with E-state index in [9.17, 15) is 17.6 Å². The van der Waals surface area contributed by atoms with E-state index in [1.807, 2.05) is 0 Å². The normalized spacial score (nSPS) is 12.7. The summed E-state index contributed by atoms with van der Waals surface area (Å²) in [6.07, 6.45) is -0.0491. The van der Waals surface area contributed by atoms with Crippen molar-refractivity contribution in [1.82, 2.24) is 0 Å². The average Bonchev–Trinajstić information content (AvgIpc) is 2.21. The van der Waals surface area contributed by atoms with Gasteiger partial charge < -0.3 is 4.74 Å². The SMILES string of the molecule is CCC(C)Oc1c(F)c(F)cc(F)c1F. The van der Waals surface area contributed by atoms with Gasteiger partial charge in [-0.25, -0.2) is 8.78 Å². The highest BCUT2D eigenvalue weighted by Crippen LogP contribution is 2.27. The number of benzene rings is 1. The predicted molar refractivity (Wildman–Crippen MR) is 46.7 cm³/mol. The standard InChI is InChI=1S/C10H10F4O/c1-3-5(2)15-10-8(13)6(11)4-7(12)9(10)14/h4-5H,3H2,1-2H3. The number of rotatable bonds is 3. The summed E-state index contributed by atoms with van der Waals surface area (Å²) in [4.78, 5) is 0. The van der Waals surface area contributed by atoms with Crippen molar-refractivity contribution < 1.29 is 22.3 Å². The maximum Gasteiger partial charge on any atom is 0.203 e. The van der Waals surface area contributed by atoms with Crippen molar-refractivity contribution in [3.05, 3.63) is 29.3 Å². The third kappa shape index (κ3) is 2.40. The first kappa shape index (κ1) is 11.8. The molecule has 5 heteroatoms. The van der Waals surface area contributed by atoms with E-state index in [1.165, 1.54) is 0 Å². The number of hydrogen-bond donors (Lipinski definition) is 0. The molecule has 0 saturated carbocycles. The van der Waals surface area contributed by atoms with Crippen molar-refractivity contribution in [2.45, 2.75) is 26.4 Å². The fraction of sp³-hybridized carbons (Fsp3) is 0.400. The van der Waals surface area contributed by atoms with E-state index in [1.54, 1.807) is 13.8 Å². The Balaban J connectivity index is 3.15. The topological polar surface area (TPSA) is 9.23 Å². The molecule has 1 atom stereocenters. The Labute approximate surface area is 84.7 Å². The Bertz CT molecular complexity index is 339. The van der Waals surface area contributed by atoms with E-state index in [0.717, 1.165) is 0 Å². The van der Waals surface area contributed by atoms with Gasteiger partial charge in [0.2, 0.25) is 11.6 Å². The molecule has 84 valence electrons. The molecule has 0 heterocycles. The molecular formula is C10H10F4O. The summed E-state index contributed by atoms with van der Waals surface area (Å²) in [7, 11) is 0. The number of halogens is 4. The van der Waals surface area contributed by atoms with E-state index >= 15 is 0 Å². The van der Waals surface area contributed by atoms with E-state index < -0.39 is 35.1 Å². The fourth-order valence-electron chi connectivity index (χ4n) is 0.939. The molecule has 15 heavy (non-hydrogen) atoms. The molecule has 1 aromatic rings. The molecule has 0 radical (unpaired) electrons. The second-order valence-corrected chi connectivity index (χ2v) is 3.13. The molecular weight excluding hydrogens is 212 g/mol. The lowest BCUT2D eigenvalue weighted by Crippen LogP contribution is -2.13. The molecule has 0 saturated heterocycles. The van der Waals surface area contributed by atoms with Crippen LogP contribution in [0.2, 0.25) is 0 Å². The van der Waals surface area contributed by atoms with Crippen LogP contribution in [0, 0.1) is 23.3 Å². The van der Waals surface area contributed by atoms with E-state index in [2.05, 4.69) is 0 Å². The summed E-state index contributed by atoms with van der Waals surface area (Å²) < 4.78 is 56.2. The van der Waals surface area contributed by atoms with Gasteiger partial charge in [0.25, 0.3) is 0 Å². The molecule has 0 aliphatic rings. The minimum absolute atomic E-state index is 0.147. The maximum absolute atomic E-state index is 13.0. The predicted octanol–water partition coefficient (Wildman–Crippen LogP) is 3.42. The van der Waals surface area contributed by atoms with Crippen molar-refractivity contribution >= 4 is 0 Å². The Morgan fingerprint density at radius 1 is 1.13 bits per heavy atom. The summed E-state index contributed by atoms with van der Waals surface area (Å²) >= 11 is 0. The van der Waals surface area contributed by atoms with Crippen LogP contribution in [0.5, 0.6) is 5.75 Å². The van der Waals surface area contributed by atoms with Crippen LogP contribution < -0.4 is 4.74 Å². The van der Waals surface area contributed by atoms with Crippen LogP contribution in [0.1, 0.15) is 20.3 Å². The highest BCUT2D eigenvalue weighted by molar-refractivity contribution is 5.28. The third-order valence-corrected chi connectivity index (χ3v) is 1.97. The molecule has 0 aromatic heterocycles. The second kappa shape index (κ2) is 4.51. The van der Waals surface area contributed by atoms with Crippen LogP contribution in [-0.2, 0) is 0 Å². The van der Waals surface area contributed by atoms with Gasteiger partial charge in [0.05, 0.1) is 6.10 Å². The Morgan fingerprint density at radius 3 is 2.00 bits per heavy atom. The van der Waals surface area contributed by atoms with Crippen LogP contribution in [0.4, 0.5) is 17.6 Å². The maximum atomic E-state index is 13.0. The zero-order valence-electron chi connectivity index (χ0n) is 8.28. The molecule has 0 spiro atoms. The lowest BCUT2D eigenvalue weighted by molar-refractivity contribution is 0.191. The van der Waals surface area contributed by atoms with Crippen molar-refractivity contribution in [2.75, 3.05) is 0 Å². The zero-order chi connectivity index (χ0) is 11.6. The Hall–Kier alpha value is -1.26. The minimum Gasteiger partial charge on any atom is -0.485 e. The highest BCUT2D eigenvalue weighted by Gasteiger charge is 2.21. The zero-order valence-corrected chi connectivity index (χ0v) is 8.28. The smallest absolute Gasteiger partial charge is 0.203 e. The van der Waals surface area contributed by atoms with Gasteiger partial charge in [-0.05, 0) is 13.3 Å². The van der Waals surface area contributed by atoms with Gasteiger partial charge in [-0.1, -0.05) is 6.92 Å². The third-order valence-electron chi connectivity index (χ3n) is 1.97. The first-order valence-electron chi connectivity index (χ1n) is 4.47.